The third kappa shape index (κ3) is 1.75. The second kappa shape index (κ2) is 4.24. The molecule has 0 unspecified atom stereocenters. The first-order chi connectivity index (χ1) is 10.1. The molecule has 4 nitrogen and oxygen atoms in total. The van der Waals surface area contributed by atoms with Crippen LogP contribution >= 0.6 is 11.3 Å². The van der Waals surface area contributed by atoms with E-state index in [1.54, 1.807) is 15.8 Å². The molecule has 1 saturated carbocycles. The molecule has 0 amide bonds. The zero-order valence-electron chi connectivity index (χ0n) is 11.6. The van der Waals surface area contributed by atoms with Crippen LogP contribution in [0.15, 0.2) is 39.9 Å². The number of anilines is 1. The largest absolute Gasteiger partial charge is 0.494 e. The molecule has 2 aliphatic rings. The number of benzene rings is 1. The number of thiophene rings is 1. The van der Waals surface area contributed by atoms with Gasteiger partial charge in [0.2, 0.25) is 0 Å². The molecule has 0 saturated heterocycles. The molecular weight excluding hydrogens is 306 g/mol. The number of sulfonamides is 1. The number of para-hydroxylation sites is 1. The van der Waals surface area contributed by atoms with Crippen LogP contribution in [0.1, 0.15) is 18.4 Å². The smallest absolute Gasteiger partial charge is 0.277 e. The van der Waals surface area contributed by atoms with Crippen molar-refractivity contribution in [2.75, 3.05) is 18.0 Å². The minimum absolute atomic E-state index is 0.0498. The summed E-state index contributed by atoms with van der Waals surface area (Å²) in [6, 6.07) is 9.55. The highest BCUT2D eigenvalue weighted by atomic mass is 32.2. The lowest BCUT2D eigenvalue weighted by molar-refractivity contribution is 0.406. The summed E-state index contributed by atoms with van der Waals surface area (Å²) < 4.78 is 33.1. The van der Waals surface area contributed by atoms with Crippen LogP contribution in [0.2, 0.25) is 0 Å². The summed E-state index contributed by atoms with van der Waals surface area (Å²) in [4.78, 5) is 0. The molecule has 2 aromatic rings. The quantitative estimate of drug-likeness (QED) is 0.873. The number of fused-ring (bicyclic) bond motifs is 2. The monoisotopic (exact) mass is 321 g/mol. The van der Waals surface area contributed by atoms with Crippen LogP contribution < -0.4 is 9.04 Å². The van der Waals surface area contributed by atoms with Gasteiger partial charge in [0, 0.05) is 12.0 Å². The normalized spacial score (nSPS) is 18.8. The van der Waals surface area contributed by atoms with Gasteiger partial charge in [-0.25, -0.2) is 8.42 Å². The molecule has 0 radical (unpaired) electrons. The van der Waals surface area contributed by atoms with Gasteiger partial charge in [-0.2, -0.15) is 0 Å². The first-order valence-electron chi connectivity index (χ1n) is 6.82. The van der Waals surface area contributed by atoms with Crippen LogP contribution in [-0.2, 0) is 15.4 Å². The van der Waals surface area contributed by atoms with Gasteiger partial charge in [-0.3, -0.25) is 4.31 Å². The molecule has 0 bridgehead atoms. The number of nitrogens with zero attached hydrogens (tertiary/aromatic N) is 1. The van der Waals surface area contributed by atoms with E-state index >= 15 is 0 Å². The summed E-state index contributed by atoms with van der Waals surface area (Å²) in [5.74, 6) is 0.425. The van der Waals surface area contributed by atoms with Crippen LogP contribution in [0.4, 0.5) is 5.69 Å². The van der Waals surface area contributed by atoms with Gasteiger partial charge in [0.05, 0.1) is 12.8 Å². The number of methoxy groups -OCH3 is 1. The maximum absolute atomic E-state index is 13.0. The van der Waals surface area contributed by atoms with E-state index in [1.807, 2.05) is 18.2 Å². The van der Waals surface area contributed by atoms with Gasteiger partial charge in [-0.05, 0) is 35.9 Å². The molecule has 1 spiro atoms. The average molecular weight is 321 g/mol. The van der Waals surface area contributed by atoms with Crippen molar-refractivity contribution >= 4 is 27.0 Å². The van der Waals surface area contributed by atoms with Crippen LogP contribution in [0.25, 0.3) is 0 Å². The van der Waals surface area contributed by atoms with Crippen molar-refractivity contribution in [2.24, 2.45) is 0 Å². The third-order valence-electron chi connectivity index (χ3n) is 4.38. The van der Waals surface area contributed by atoms with Crippen molar-refractivity contribution in [3.63, 3.8) is 0 Å². The van der Waals surface area contributed by atoms with Gasteiger partial charge in [0.25, 0.3) is 10.0 Å². The fourth-order valence-corrected chi connectivity index (χ4v) is 6.05. The Morgan fingerprint density at radius 3 is 2.71 bits per heavy atom. The van der Waals surface area contributed by atoms with Crippen molar-refractivity contribution in [3.8, 4) is 5.75 Å². The lowest BCUT2D eigenvalue weighted by Crippen LogP contribution is -2.31. The standard InChI is InChI=1S/C15H15NO3S2/c1-19-13-6-9-20-14(13)21(17,18)16-10-15(7-8-15)11-4-2-3-5-12(11)16/h2-6,9H,7-8,10H2,1H3. The molecule has 110 valence electrons. The molecule has 0 atom stereocenters. The van der Waals surface area contributed by atoms with E-state index in [4.69, 9.17) is 4.74 Å². The topological polar surface area (TPSA) is 46.6 Å². The Labute approximate surface area is 128 Å². The Morgan fingerprint density at radius 1 is 1.24 bits per heavy atom. The maximum Gasteiger partial charge on any atom is 0.277 e. The second-order valence-electron chi connectivity index (χ2n) is 5.59. The van der Waals surface area contributed by atoms with E-state index in [-0.39, 0.29) is 9.62 Å². The van der Waals surface area contributed by atoms with E-state index in [0.717, 1.165) is 18.5 Å². The van der Waals surface area contributed by atoms with Crippen molar-refractivity contribution in [2.45, 2.75) is 22.5 Å². The van der Waals surface area contributed by atoms with Gasteiger partial charge in [-0.1, -0.05) is 18.2 Å². The highest BCUT2D eigenvalue weighted by molar-refractivity contribution is 7.94. The summed E-state index contributed by atoms with van der Waals surface area (Å²) in [6.45, 7) is 0.551. The highest BCUT2D eigenvalue weighted by Gasteiger charge is 2.54. The number of hydrogen-bond acceptors (Lipinski definition) is 4. The molecule has 1 aromatic heterocycles. The maximum atomic E-state index is 13.0. The van der Waals surface area contributed by atoms with Crippen LogP contribution in [0, 0.1) is 0 Å². The van der Waals surface area contributed by atoms with Crippen LogP contribution in [-0.4, -0.2) is 22.1 Å². The van der Waals surface area contributed by atoms with Crippen LogP contribution in [0.3, 0.4) is 0 Å². The van der Waals surface area contributed by atoms with E-state index in [0.29, 0.717) is 12.3 Å². The summed E-state index contributed by atoms with van der Waals surface area (Å²) >= 11 is 1.21. The molecule has 6 heteroatoms. The van der Waals surface area contributed by atoms with Crippen molar-refractivity contribution in [1.82, 2.24) is 0 Å². The molecule has 1 aromatic carbocycles. The molecule has 1 aliphatic heterocycles. The Balaban J connectivity index is 1.85. The lowest BCUT2D eigenvalue weighted by Gasteiger charge is -2.19. The predicted molar refractivity (Wildman–Crippen MR) is 82.8 cm³/mol. The van der Waals surface area contributed by atoms with E-state index < -0.39 is 10.0 Å². The summed E-state index contributed by atoms with van der Waals surface area (Å²) in [7, 11) is -2.05. The second-order valence-corrected chi connectivity index (χ2v) is 8.56. The zero-order valence-corrected chi connectivity index (χ0v) is 13.2. The molecule has 2 heterocycles. The fraction of sp³-hybridized carbons (Fsp3) is 0.333. The van der Waals surface area contributed by atoms with Gasteiger partial charge in [-0.15, -0.1) is 11.3 Å². The minimum Gasteiger partial charge on any atom is -0.494 e. The number of rotatable bonds is 3. The third-order valence-corrected chi connectivity index (χ3v) is 7.57. The van der Waals surface area contributed by atoms with Gasteiger partial charge < -0.3 is 4.74 Å². The molecular formula is C15H15NO3S2. The number of ether oxygens (including phenoxy) is 1. The summed E-state index contributed by atoms with van der Waals surface area (Å²) in [5.41, 5.74) is 2.04. The highest BCUT2D eigenvalue weighted by Crippen LogP contribution is 2.57. The fourth-order valence-electron chi connectivity index (χ4n) is 3.10. The Bertz CT molecular complexity index is 806. The lowest BCUT2D eigenvalue weighted by atomic mass is 9.99. The predicted octanol–water partition coefficient (Wildman–Crippen LogP) is 3.00. The van der Waals surface area contributed by atoms with Crippen molar-refractivity contribution < 1.29 is 13.2 Å². The van der Waals surface area contributed by atoms with Crippen molar-refractivity contribution in [3.05, 3.63) is 41.3 Å². The van der Waals surface area contributed by atoms with E-state index in [2.05, 4.69) is 6.07 Å². The molecule has 21 heavy (non-hydrogen) atoms. The summed E-state index contributed by atoms with van der Waals surface area (Å²) in [6.07, 6.45) is 2.13. The Kier molecular flexibility index (Phi) is 2.65. The number of hydrogen-bond donors (Lipinski definition) is 0. The first kappa shape index (κ1) is 13.2. The van der Waals surface area contributed by atoms with Gasteiger partial charge in [0.15, 0.2) is 4.21 Å². The first-order valence-corrected chi connectivity index (χ1v) is 9.14. The molecule has 0 N–H and O–H groups in total. The van der Waals surface area contributed by atoms with Gasteiger partial charge in [0.1, 0.15) is 5.75 Å². The molecule has 4 rings (SSSR count). The zero-order chi connectivity index (χ0) is 14.7. The van der Waals surface area contributed by atoms with E-state index in [9.17, 15) is 8.42 Å². The van der Waals surface area contributed by atoms with Crippen LogP contribution in [0.5, 0.6) is 5.75 Å². The molecule has 1 aliphatic carbocycles. The SMILES string of the molecule is COc1ccsc1S(=O)(=O)N1CC2(CC2)c2ccccc21. The minimum atomic E-state index is -3.56. The van der Waals surface area contributed by atoms with Gasteiger partial charge >= 0.3 is 0 Å². The Hall–Kier alpha value is -1.53. The average Bonchev–Trinajstić information content (AvgIpc) is 2.97. The van der Waals surface area contributed by atoms with Crippen molar-refractivity contribution in [1.29, 1.82) is 0 Å². The summed E-state index contributed by atoms with van der Waals surface area (Å²) in [5, 5.41) is 1.75. The molecule has 1 fully saturated rings. The van der Waals surface area contributed by atoms with E-state index in [1.165, 1.54) is 24.0 Å². The Morgan fingerprint density at radius 2 is 2.00 bits per heavy atom.